The van der Waals surface area contributed by atoms with Crippen LogP contribution in [-0.4, -0.2) is 77.3 Å². The summed E-state index contributed by atoms with van der Waals surface area (Å²) in [5.41, 5.74) is -1.19. The van der Waals surface area contributed by atoms with Gasteiger partial charge < -0.3 is 29.6 Å². The van der Waals surface area contributed by atoms with E-state index >= 15 is 0 Å². The van der Waals surface area contributed by atoms with Gasteiger partial charge in [-0.2, -0.15) is 0 Å². The molecule has 13 heteroatoms. The molecule has 3 aliphatic rings. The number of esters is 1. The van der Waals surface area contributed by atoms with Crippen molar-refractivity contribution in [2.75, 3.05) is 26.9 Å². The Morgan fingerprint density at radius 2 is 1.95 bits per heavy atom. The van der Waals surface area contributed by atoms with E-state index in [2.05, 4.69) is 15.5 Å². The molecule has 2 fully saturated rings. The SMILES string of the molecule is CNC(CC(C)C)C(=O)OCOc1c2n(cc(C(=O)NCc3ccc(F)cc3F)c1=O)C[C@@H]1N(CC3CCCN31)C2=O. The molecule has 2 N–H and O–H groups in total. The second-order valence-electron chi connectivity index (χ2n) is 11.3. The predicted molar refractivity (Wildman–Crippen MR) is 147 cm³/mol. The molecule has 1 aromatic heterocycles. The van der Waals surface area contributed by atoms with Crippen molar-refractivity contribution < 1.29 is 32.6 Å². The Labute approximate surface area is 241 Å². The molecule has 3 aliphatic heterocycles. The molecule has 0 radical (unpaired) electrons. The van der Waals surface area contributed by atoms with Gasteiger partial charge in [-0.05, 0) is 38.3 Å². The molecule has 3 atom stereocenters. The van der Waals surface area contributed by atoms with E-state index in [1.165, 1.54) is 16.8 Å². The zero-order valence-corrected chi connectivity index (χ0v) is 23.8. The summed E-state index contributed by atoms with van der Waals surface area (Å²) in [5.74, 6) is -3.60. The van der Waals surface area contributed by atoms with Gasteiger partial charge in [0.2, 0.25) is 18.0 Å². The molecular weight excluding hydrogens is 552 g/mol. The fourth-order valence-electron chi connectivity index (χ4n) is 5.99. The van der Waals surface area contributed by atoms with Crippen LogP contribution in [0.3, 0.4) is 0 Å². The van der Waals surface area contributed by atoms with Crippen LogP contribution < -0.4 is 20.8 Å². The molecule has 2 amide bonds. The number of nitrogens with one attached hydrogen (secondary N) is 2. The first kappa shape index (κ1) is 29.6. The lowest BCUT2D eigenvalue weighted by Gasteiger charge is -2.36. The molecule has 0 bridgehead atoms. The Hall–Kier alpha value is -3.84. The number of fused-ring (bicyclic) bond motifs is 4. The predicted octanol–water partition coefficient (Wildman–Crippen LogP) is 1.83. The number of aromatic nitrogens is 1. The molecule has 42 heavy (non-hydrogen) atoms. The van der Waals surface area contributed by atoms with Crippen LogP contribution in [-0.2, 0) is 22.6 Å². The standard InChI is InChI=1S/C29H35F2N5O6/c1-16(2)9-22(32-3)29(40)42-15-41-26-24-28(39)36-12-19-5-4-8-35(19)23(36)14-34(24)13-20(25(26)37)27(38)33-11-17-6-7-18(30)10-21(17)31/h6-7,10,13,16,19,22-23,32H,4-5,8-9,11-12,14-15H2,1-3H3,(H,33,38)/t19?,22?,23-/m0/s1. The van der Waals surface area contributed by atoms with E-state index in [1.54, 1.807) is 11.9 Å². The van der Waals surface area contributed by atoms with Gasteiger partial charge in [0.1, 0.15) is 29.4 Å². The maximum absolute atomic E-state index is 14.1. The van der Waals surface area contributed by atoms with E-state index < -0.39 is 53.4 Å². The van der Waals surface area contributed by atoms with Gasteiger partial charge in [0, 0.05) is 43.5 Å². The van der Waals surface area contributed by atoms with E-state index in [0.29, 0.717) is 25.6 Å². The smallest absolute Gasteiger partial charge is 0.326 e. The van der Waals surface area contributed by atoms with Gasteiger partial charge in [-0.1, -0.05) is 19.9 Å². The third kappa shape index (κ3) is 5.75. The van der Waals surface area contributed by atoms with Crippen molar-refractivity contribution in [1.29, 1.82) is 0 Å². The first-order valence-corrected chi connectivity index (χ1v) is 14.1. The molecular formula is C29H35F2N5O6. The number of hydrogen-bond acceptors (Lipinski definition) is 8. The van der Waals surface area contributed by atoms with Gasteiger partial charge in [-0.15, -0.1) is 0 Å². The molecule has 5 rings (SSSR count). The molecule has 0 aliphatic carbocycles. The van der Waals surface area contributed by atoms with E-state index in [-0.39, 0.29) is 41.5 Å². The third-order valence-corrected chi connectivity index (χ3v) is 8.08. The monoisotopic (exact) mass is 587 g/mol. The van der Waals surface area contributed by atoms with E-state index in [4.69, 9.17) is 9.47 Å². The number of carbonyl (C=O) groups is 3. The summed E-state index contributed by atoms with van der Waals surface area (Å²) in [7, 11) is 1.63. The topological polar surface area (TPSA) is 122 Å². The van der Waals surface area contributed by atoms with Crippen molar-refractivity contribution in [3.63, 3.8) is 0 Å². The number of nitrogens with zero attached hydrogens (tertiary/aromatic N) is 3. The fourth-order valence-corrected chi connectivity index (χ4v) is 5.99. The number of carbonyl (C=O) groups excluding carboxylic acids is 3. The van der Waals surface area contributed by atoms with Crippen LogP contribution >= 0.6 is 0 Å². The number of amides is 2. The molecule has 226 valence electrons. The highest BCUT2D eigenvalue weighted by atomic mass is 19.1. The van der Waals surface area contributed by atoms with Crippen LogP contribution in [0, 0.1) is 17.6 Å². The van der Waals surface area contributed by atoms with Crippen molar-refractivity contribution >= 4 is 17.8 Å². The lowest BCUT2D eigenvalue weighted by atomic mass is 10.0. The number of hydrogen-bond donors (Lipinski definition) is 2. The summed E-state index contributed by atoms with van der Waals surface area (Å²) in [5, 5.41) is 5.38. The highest BCUT2D eigenvalue weighted by molar-refractivity contribution is 5.99. The number of benzene rings is 1. The van der Waals surface area contributed by atoms with Gasteiger partial charge in [-0.3, -0.25) is 24.1 Å². The minimum Gasteiger partial charge on any atom is -0.451 e. The van der Waals surface area contributed by atoms with Crippen molar-refractivity contribution in [3.05, 3.63) is 63.1 Å². The summed E-state index contributed by atoms with van der Waals surface area (Å²) >= 11 is 0. The second-order valence-corrected chi connectivity index (χ2v) is 11.3. The van der Waals surface area contributed by atoms with Gasteiger partial charge in [0.25, 0.3) is 11.8 Å². The highest BCUT2D eigenvalue weighted by Crippen LogP contribution is 2.35. The Morgan fingerprint density at radius 3 is 2.67 bits per heavy atom. The maximum Gasteiger partial charge on any atom is 0.326 e. The number of halogens is 2. The molecule has 0 spiro atoms. The molecule has 2 aromatic rings. The van der Waals surface area contributed by atoms with Crippen LogP contribution in [0.25, 0.3) is 0 Å². The van der Waals surface area contributed by atoms with Gasteiger partial charge >= 0.3 is 5.97 Å². The van der Waals surface area contributed by atoms with Crippen LogP contribution in [0.15, 0.2) is 29.2 Å². The lowest BCUT2D eigenvalue weighted by Crippen LogP contribution is -2.51. The minimum absolute atomic E-state index is 0.0260. The average Bonchev–Trinajstić information content (AvgIpc) is 3.54. The van der Waals surface area contributed by atoms with Crippen molar-refractivity contribution in [3.8, 4) is 5.75 Å². The number of ether oxygens (including phenoxy) is 2. The number of likely N-dealkylation sites (N-methyl/N-ethyl adjacent to an activating group) is 1. The summed E-state index contributed by atoms with van der Waals surface area (Å²) in [6.07, 6.45) is 3.58. The van der Waals surface area contributed by atoms with Crippen LogP contribution in [0.5, 0.6) is 5.75 Å². The summed E-state index contributed by atoms with van der Waals surface area (Å²) in [6.45, 7) is 4.65. The fraction of sp³-hybridized carbons (Fsp3) is 0.517. The Kier molecular flexibility index (Phi) is 8.60. The molecule has 0 saturated carbocycles. The third-order valence-electron chi connectivity index (χ3n) is 8.08. The van der Waals surface area contributed by atoms with E-state index in [1.807, 2.05) is 13.8 Å². The molecule has 2 unspecified atom stereocenters. The highest BCUT2D eigenvalue weighted by Gasteiger charge is 2.48. The first-order valence-electron chi connectivity index (χ1n) is 14.1. The molecule has 4 heterocycles. The average molecular weight is 588 g/mol. The van der Waals surface area contributed by atoms with Crippen molar-refractivity contribution in [1.82, 2.24) is 25.0 Å². The first-order chi connectivity index (χ1) is 20.1. The Morgan fingerprint density at radius 1 is 1.17 bits per heavy atom. The number of rotatable bonds is 10. The van der Waals surface area contributed by atoms with Crippen LogP contribution in [0.1, 0.15) is 59.5 Å². The summed E-state index contributed by atoms with van der Waals surface area (Å²) in [4.78, 5) is 57.0. The quantitative estimate of drug-likeness (QED) is 0.319. The lowest BCUT2D eigenvalue weighted by molar-refractivity contribution is -0.153. The Bertz CT molecular complexity index is 1450. The van der Waals surface area contributed by atoms with E-state index in [0.717, 1.165) is 25.5 Å². The van der Waals surface area contributed by atoms with Crippen LogP contribution in [0.4, 0.5) is 8.78 Å². The zero-order chi connectivity index (χ0) is 30.1. The molecule has 11 nitrogen and oxygen atoms in total. The van der Waals surface area contributed by atoms with Crippen molar-refractivity contribution in [2.45, 2.75) is 64.4 Å². The second kappa shape index (κ2) is 12.2. The summed E-state index contributed by atoms with van der Waals surface area (Å²) in [6, 6.07) is 2.60. The van der Waals surface area contributed by atoms with Gasteiger partial charge in [-0.25, -0.2) is 8.78 Å². The maximum atomic E-state index is 14.1. The molecule has 1 aromatic carbocycles. The Balaban J connectivity index is 1.42. The van der Waals surface area contributed by atoms with Gasteiger partial charge in [0.05, 0.1) is 6.54 Å². The van der Waals surface area contributed by atoms with E-state index in [9.17, 15) is 28.0 Å². The van der Waals surface area contributed by atoms with Crippen molar-refractivity contribution in [2.24, 2.45) is 5.92 Å². The van der Waals surface area contributed by atoms with Gasteiger partial charge in [0.15, 0.2) is 5.69 Å². The summed E-state index contributed by atoms with van der Waals surface area (Å²) < 4.78 is 39.9. The zero-order valence-electron chi connectivity index (χ0n) is 23.8. The number of pyridine rings is 1. The minimum atomic E-state index is -0.867. The molecule has 2 saturated heterocycles. The van der Waals surface area contributed by atoms with Crippen LogP contribution in [0.2, 0.25) is 0 Å². The largest absolute Gasteiger partial charge is 0.451 e. The normalized spacial score (nSPS) is 20.2.